The van der Waals surface area contributed by atoms with Gasteiger partial charge in [0.25, 0.3) is 0 Å². The quantitative estimate of drug-likeness (QED) is 0.878. The molecular formula is C13H17N3O. The monoisotopic (exact) mass is 231 g/mol. The third-order valence-electron chi connectivity index (χ3n) is 2.74. The molecule has 1 heterocycles. The maximum absolute atomic E-state index is 5.94. The summed E-state index contributed by atoms with van der Waals surface area (Å²) in [5, 5.41) is 3.98. The summed E-state index contributed by atoms with van der Waals surface area (Å²) < 4.78 is 5.20. The van der Waals surface area contributed by atoms with Crippen LogP contribution in [0.25, 0.3) is 11.4 Å². The molecule has 0 fully saturated rings. The van der Waals surface area contributed by atoms with Crippen molar-refractivity contribution >= 4 is 0 Å². The highest BCUT2D eigenvalue weighted by molar-refractivity contribution is 5.58. The zero-order valence-electron chi connectivity index (χ0n) is 10.2. The summed E-state index contributed by atoms with van der Waals surface area (Å²) in [6.45, 7) is 4.11. The molecule has 4 heteroatoms. The lowest BCUT2D eigenvalue weighted by Gasteiger charge is -2.02. The molecule has 0 amide bonds. The van der Waals surface area contributed by atoms with Gasteiger partial charge in [0.05, 0.1) is 6.04 Å². The molecule has 1 aromatic heterocycles. The van der Waals surface area contributed by atoms with Crippen molar-refractivity contribution < 1.29 is 4.52 Å². The molecule has 2 rings (SSSR count). The predicted octanol–water partition coefficient (Wildman–Crippen LogP) is 2.84. The molecule has 1 atom stereocenters. The van der Waals surface area contributed by atoms with Crippen LogP contribution in [-0.2, 0) is 0 Å². The molecule has 0 radical (unpaired) electrons. The van der Waals surface area contributed by atoms with E-state index >= 15 is 0 Å². The van der Waals surface area contributed by atoms with Crippen LogP contribution in [0.3, 0.4) is 0 Å². The molecule has 0 saturated carbocycles. The van der Waals surface area contributed by atoms with Gasteiger partial charge in [0.1, 0.15) is 0 Å². The van der Waals surface area contributed by atoms with E-state index < -0.39 is 0 Å². The van der Waals surface area contributed by atoms with Gasteiger partial charge in [-0.1, -0.05) is 42.8 Å². The van der Waals surface area contributed by atoms with Gasteiger partial charge >= 0.3 is 0 Å². The van der Waals surface area contributed by atoms with Crippen molar-refractivity contribution in [2.75, 3.05) is 0 Å². The molecule has 1 aromatic carbocycles. The first kappa shape index (κ1) is 11.8. The van der Waals surface area contributed by atoms with Crippen molar-refractivity contribution in [2.45, 2.75) is 32.7 Å². The van der Waals surface area contributed by atoms with E-state index in [2.05, 4.69) is 17.1 Å². The molecule has 90 valence electrons. The van der Waals surface area contributed by atoms with E-state index in [0.29, 0.717) is 11.7 Å². The number of aryl methyl sites for hydroxylation is 1. The Kier molecular flexibility index (Phi) is 3.54. The zero-order chi connectivity index (χ0) is 12.3. The second-order valence-electron chi connectivity index (χ2n) is 4.17. The van der Waals surface area contributed by atoms with Crippen molar-refractivity contribution in [1.82, 2.24) is 10.1 Å². The predicted molar refractivity (Wildman–Crippen MR) is 66.3 cm³/mol. The Morgan fingerprint density at radius 2 is 2.12 bits per heavy atom. The van der Waals surface area contributed by atoms with Crippen LogP contribution in [0.4, 0.5) is 0 Å². The van der Waals surface area contributed by atoms with Gasteiger partial charge in [-0.05, 0) is 18.9 Å². The molecule has 2 aromatic rings. The van der Waals surface area contributed by atoms with Crippen molar-refractivity contribution in [1.29, 1.82) is 0 Å². The first-order chi connectivity index (χ1) is 8.22. The van der Waals surface area contributed by atoms with E-state index in [1.165, 1.54) is 0 Å². The molecule has 0 saturated heterocycles. The third-order valence-corrected chi connectivity index (χ3v) is 2.74. The summed E-state index contributed by atoms with van der Waals surface area (Å²) in [5.74, 6) is 1.13. The smallest absolute Gasteiger partial charge is 0.243 e. The molecule has 1 unspecified atom stereocenters. The highest BCUT2D eigenvalue weighted by Gasteiger charge is 2.15. The average Bonchev–Trinajstić information content (AvgIpc) is 2.79. The minimum Gasteiger partial charge on any atom is -0.337 e. The number of hydrogen-bond donors (Lipinski definition) is 1. The maximum atomic E-state index is 5.94. The number of rotatable bonds is 4. The maximum Gasteiger partial charge on any atom is 0.243 e. The van der Waals surface area contributed by atoms with Gasteiger partial charge in [0.15, 0.2) is 0 Å². The number of nitrogens with two attached hydrogens (primary N) is 1. The average molecular weight is 231 g/mol. The third kappa shape index (κ3) is 2.53. The minimum atomic E-state index is -0.162. The Labute approximate surface area is 101 Å². The molecule has 0 aliphatic heterocycles. The Balaban J connectivity index is 2.27. The minimum absolute atomic E-state index is 0.162. The number of benzene rings is 1. The van der Waals surface area contributed by atoms with E-state index in [9.17, 15) is 0 Å². The molecule has 4 nitrogen and oxygen atoms in total. The summed E-state index contributed by atoms with van der Waals surface area (Å²) in [7, 11) is 0. The van der Waals surface area contributed by atoms with Gasteiger partial charge in [-0.25, -0.2) is 0 Å². The van der Waals surface area contributed by atoms with Gasteiger partial charge in [-0.2, -0.15) is 4.98 Å². The first-order valence-electron chi connectivity index (χ1n) is 5.87. The summed E-state index contributed by atoms with van der Waals surface area (Å²) in [6.07, 6.45) is 1.86. The Bertz CT molecular complexity index is 493. The van der Waals surface area contributed by atoms with Crippen LogP contribution >= 0.6 is 0 Å². The van der Waals surface area contributed by atoms with Gasteiger partial charge in [0.2, 0.25) is 11.7 Å². The molecular weight excluding hydrogens is 214 g/mol. The second kappa shape index (κ2) is 5.10. The normalized spacial score (nSPS) is 12.6. The van der Waals surface area contributed by atoms with Crippen molar-refractivity contribution in [3.63, 3.8) is 0 Å². The standard InChI is InChI=1S/C13H17N3O/c1-3-6-11(14)13-15-12(16-17-13)10-8-5-4-7-9(10)2/h4-5,7-8,11H,3,6,14H2,1-2H3. The van der Waals surface area contributed by atoms with E-state index in [0.717, 1.165) is 24.0 Å². The lowest BCUT2D eigenvalue weighted by Crippen LogP contribution is -2.09. The van der Waals surface area contributed by atoms with Crippen LogP contribution in [0.2, 0.25) is 0 Å². The number of nitrogens with zero attached hydrogens (tertiary/aromatic N) is 2. The largest absolute Gasteiger partial charge is 0.337 e. The van der Waals surface area contributed by atoms with Crippen LogP contribution in [0, 0.1) is 6.92 Å². The van der Waals surface area contributed by atoms with Crippen LogP contribution in [0.15, 0.2) is 28.8 Å². The topological polar surface area (TPSA) is 64.9 Å². The summed E-state index contributed by atoms with van der Waals surface area (Å²) in [5.41, 5.74) is 8.06. The summed E-state index contributed by atoms with van der Waals surface area (Å²) in [4.78, 5) is 4.36. The fraction of sp³-hybridized carbons (Fsp3) is 0.385. The van der Waals surface area contributed by atoms with Gasteiger partial charge in [-0.3, -0.25) is 0 Å². The molecule has 0 bridgehead atoms. The van der Waals surface area contributed by atoms with E-state index in [-0.39, 0.29) is 6.04 Å². The van der Waals surface area contributed by atoms with E-state index in [4.69, 9.17) is 10.3 Å². The molecule has 0 aliphatic rings. The molecule has 2 N–H and O–H groups in total. The van der Waals surface area contributed by atoms with Crippen molar-refractivity contribution in [3.05, 3.63) is 35.7 Å². The second-order valence-corrected chi connectivity index (χ2v) is 4.17. The van der Waals surface area contributed by atoms with Crippen LogP contribution in [0.1, 0.15) is 37.3 Å². The van der Waals surface area contributed by atoms with Crippen LogP contribution < -0.4 is 5.73 Å². The SMILES string of the molecule is CCCC(N)c1nc(-c2ccccc2C)no1. The van der Waals surface area contributed by atoms with Gasteiger partial charge < -0.3 is 10.3 Å². The molecule has 17 heavy (non-hydrogen) atoms. The molecule has 0 spiro atoms. The van der Waals surface area contributed by atoms with Gasteiger partial charge in [0, 0.05) is 5.56 Å². The van der Waals surface area contributed by atoms with Crippen molar-refractivity contribution in [2.24, 2.45) is 5.73 Å². The lowest BCUT2D eigenvalue weighted by atomic mass is 10.1. The van der Waals surface area contributed by atoms with Crippen molar-refractivity contribution in [3.8, 4) is 11.4 Å². The first-order valence-corrected chi connectivity index (χ1v) is 5.87. The van der Waals surface area contributed by atoms with Crippen LogP contribution in [0.5, 0.6) is 0 Å². The summed E-state index contributed by atoms with van der Waals surface area (Å²) in [6, 6.07) is 7.80. The highest BCUT2D eigenvalue weighted by atomic mass is 16.5. The Hall–Kier alpha value is -1.68. The summed E-state index contributed by atoms with van der Waals surface area (Å²) >= 11 is 0. The van der Waals surface area contributed by atoms with Crippen LogP contribution in [-0.4, -0.2) is 10.1 Å². The number of hydrogen-bond acceptors (Lipinski definition) is 4. The molecule has 0 aliphatic carbocycles. The van der Waals surface area contributed by atoms with E-state index in [1.807, 2.05) is 31.2 Å². The zero-order valence-corrected chi connectivity index (χ0v) is 10.2. The fourth-order valence-corrected chi connectivity index (χ4v) is 1.75. The van der Waals surface area contributed by atoms with Gasteiger partial charge in [-0.15, -0.1) is 0 Å². The fourth-order valence-electron chi connectivity index (χ4n) is 1.75. The Morgan fingerprint density at radius 1 is 1.35 bits per heavy atom. The lowest BCUT2D eigenvalue weighted by molar-refractivity contribution is 0.348. The highest BCUT2D eigenvalue weighted by Crippen LogP contribution is 2.22. The van der Waals surface area contributed by atoms with E-state index in [1.54, 1.807) is 0 Å². The Morgan fingerprint density at radius 3 is 2.82 bits per heavy atom. The number of aromatic nitrogens is 2.